The minimum absolute atomic E-state index is 0. The molecule has 0 atom stereocenters. The lowest BCUT2D eigenvalue weighted by atomic mass is 10.2. The Morgan fingerprint density at radius 2 is 2.00 bits per heavy atom. The summed E-state index contributed by atoms with van der Waals surface area (Å²) < 4.78 is 22.7. The molecular weight excluding hydrogens is 433 g/mol. The zero-order chi connectivity index (χ0) is 18.2. The van der Waals surface area contributed by atoms with Gasteiger partial charge in [0.25, 0.3) is 0 Å². The molecule has 3 aromatic rings. The Hall–Kier alpha value is -1.89. The number of benzene rings is 2. The van der Waals surface area contributed by atoms with Crippen molar-refractivity contribution in [3.8, 4) is 5.75 Å². The van der Waals surface area contributed by atoms with E-state index in [4.69, 9.17) is 4.74 Å². The second-order valence-electron chi connectivity index (χ2n) is 5.96. The molecule has 7 heteroatoms. The van der Waals surface area contributed by atoms with Crippen molar-refractivity contribution in [2.75, 3.05) is 6.54 Å². The van der Waals surface area contributed by atoms with Gasteiger partial charge in [-0.05, 0) is 37.2 Å². The lowest BCUT2D eigenvalue weighted by Gasteiger charge is -2.13. The van der Waals surface area contributed by atoms with Gasteiger partial charge in [0.1, 0.15) is 18.2 Å². The molecule has 27 heavy (non-hydrogen) atoms. The third-order valence-electron chi connectivity index (χ3n) is 4.01. The van der Waals surface area contributed by atoms with Crippen molar-refractivity contribution in [1.29, 1.82) is 0 Å². The van der Waals surface area contributed by atoms with Gasteiger partial charge in [0.2, 0.25) is 0 Å². The summed E-state index contributed by atoms with van der Waals surface area (Å²) in [5.74, 6) is 0.516. The van der Waals surface area contributed by atoms with Gasteiger partial charge in [0.15, 0.2) is 0 Å². The van der Waals surface area contributed by atoms with Gasteiger partial charge in [0.05, 0.1) is 6.33 Å². The van der Waals surface area contributed by atoms with Crippen molar-refractivity contribution < 1.29 is 9.13 Å². The highest BCUT2D eigenvalue weighted by Crippen LogP contribution is 2.24. The fraction of sp³-hybridized carbons (Fsp3) is 0.250. The zero-order valence-electron chi connectivity index (χ0n) is 14.8. The standard InChI is InChI=1S/C20H21BrFN3O.ClH/c21-18-6-7-20(26-14-16-4-1-2-5-19(16)22)17(12-18)13-23-8-3-10-25-11-9-24-15-25;/h1-2,4-7,9,11-12,15,23H,3,8,10,13-14H2;1H. The summed E-state index contributed by atoms with van der Waals surface area (Å²) in [5.41, 5.74) is 1.59. The molecule has 2 aromatic carbocycles. The lowest BCUT2D eigenvalue weighted by molar-refractivity contribution is 0.296. The van der Waals surface area contributed by atoms with Crippen molar-refractivity contribution in [3.05, 3.63) is 82.6 Å². The number of aryl methyl sites for hydroxylation is 1. The van der Waals surface area contributed by atoms with Crippen LogP contribution in [0.5, 0.6) is 5.75 Å². The van der Waals surface area contributed by atoms with E-state index in [2.05, 4.69) is 30.8 Å². The first kappa shape index (κ1) is 21.4. The van der Waals surface area contributed by atoms with Crippen LogP contribution in [0, 0.1) is 5.82 Å². The molecule has 1 N–H and O–H groups in total. The van der Waals surface area contributed by atoms with Crippen molar-refractivity contribution in [1.82, 2.24) is 14.9 Å². The Morgan fingerprint density at radius 3 is 2.78 bits per heavy atom. The molecule has 0 fully saturated rings. The molecule has 144 valence electrons. The van der Waals surface area contributed by atoms with Crippen LogP contribution < -0.4 is 10.1 Å². The molecule has 1 aromatic heterocycles. The largest absolute Gasteiger partial charge is 0.488 e. The third-order valence-corrected chi connectivity index (χ3v) is 4.50. The van der Waals surface area contributed by atoms with E-state index in [0.29, 0.717) is 12.1 Å². The van der Waals surface area contributed by atoms with Crippen LogP contribution in [0.1, 0.15) is 17.5 Å². The molecule has 0 aliphatic carbocycles. The van der Waals surface area contributed by atoms with E-state index in [1.165, 1.54) is 6.07 Å². The smallest absolute Gasteiger partial charge is 0.129 e. The van der Waals surface area contributed by atoms with Gasteiger partial charge in [-0.3, -0.25) is 0 Å². The average molecular weight is 455 g/mol. The molecule has 1 heterocycles. The van der Waals surface area contributed by atoms with Crippen LogP contribution in [0.2, 0.25) is 0 Å². The average Bonchev–Trinajstić information content (AvgIpc) is 3.15. The number of imidazole rings is 1. The number of aromatic nitrogens is 2. The van der Waals surface area contributed by atoms with E-state index < -0.39 is 0 Å². The third kappa shape index (κ3) is 6.65. The number of ether oxygens (including phenoxy) is 1. The van der Waals surface area contributed by atoms with Crippen molar-refractivity contribution in [3.63, 3.8) is 0 Å². The normalized spacial score (nSPS) is 10.4. The number of hydrogen-bond donors (Lipinski definition) is 1. The van der Waals surface area contributed by atoms with Gasteiger partial charge in [-0.15, -0.1) is 12.4 Å². The predicted octanol–water partition coefficient (Wildman–Crippen LogP) is 4.97. The highest BCUT2D eigenvalue weighted by Gasteiger charge is 2.07. The Bertz CT molecular complexity index is 830. The molecule has 0 unspecified atom stereocenters. The molecule has 0 aliphatic heterocycles. The lowest BCUT2D eigenvalue weighted by Crippen LogP contribution is -2.17. The van der Waals surface area contributed by atoms with Gasteiger partial charge in [-0.25, -0.2) is 9.37 Å². The summed E-state index contributed by atoms with van der Waals surface area (Å²) in [6, 6.07) is 12.5. The van der Waals surface area contributed by atoms with Crippen molar-refractivity contribution in [2.24, 2.45) is 0 Å². The Morgan fingerprint density at radius 1 is 1.15 bits per heavy atom. The maximum atomic E-state index is 13.8. The van der Waals surface area contributed by atoms with E-state index in [9.17, 15) is 4.39 Å². The molecule has 0 spiro atoms. The molecule has 0 amide bonds. The maximum Gasteiger partial charge on any atom is 0.129 e. The first-order chi connectivity index (χ1) is 12.7. The summed E-state index contributed by atoms with van der Waals surface area (Å²) in [5, 5.41) is 3.43. The molecule has 0 saturated carbocycles. The van der Waals surface area contributed by atoms with Gasteiger partial charge in [0, 0.05) is 41.1 Å². The van der Waals surface area contributed by atoms with Crippen molar-refractivity contribution >= 4 is 28.3 Å². The van der Waals surface area contributed by atoms with Crippen LogP contribution in [-0.2, 0) is 19.7 Å². The summed E-state index contributed by atoms with van der Waals surface area (Å²) >= 11 is 3.50. The fourth-order valence-corrected chi connectivity index (χ4v) is 3.04. The van der Waals surface area contributed by atoms with E-state index in [1.807, 2.05) is 36.8 Å². The summed E-state index contributed by atoms with van der Waals surface area (Å²) in [6.07, 6.45) is 6.58. The number of rotatable bonds is 9. The number of nitrogens with one attached hydrogen (secondary N) is 1. The fourth-order valence-electron chi connectivity index (χ4n) is 2.63. The number of nitrogens with zero attached hydrogens (tertiary/aromatic N) is 2. The second kappa shape index (κ2) is 11.1. The van der Waals surface area contributed by atoms with Gasteiger partial charge < -0.3 is 14.6 Å². The summed E-state index contributed by atoms with van der Waals surface area (Å²) in [4.78, 5) is 4.04. The minimum Gasteiger partial charge on any atom is -0.488 e. The first-order valence-corrected chi connectivity index (χ1v) is 9.33. The summed E-state index contributed by atoms with van der Waals surface area (Å²) in [6.45, 7) is 2.72. The molecule has 0 saturated heterocycles. The van der Waals surface area contributed by atoms with E-state index in [0.717, 1.165) is 35.3 Å². The first-order valence-electron chi connectivity index (χ1n) is 8.53. The molecule has 0 aliphatic rings. The Kier molecular flexibility index (Phi) is 8.78. The van der Waals surface area contributed by atoms with E-state index in [-0.39, 0.29) is 24.8 Å². The minimum atomic E-state index is -0.246. The molecule has 0 bridgehead atoms. The summed E-state index contributed by atoms with van der Waals surface area (Å²) in [7, 11) is 0. The number of hydrogen-bond acceptors (Lipinski definition) is 3. The van der Waals surface area contributed by atoms with Crippen molar-refractivity contribution in [2.45, 2.75) is 26.1 Å². The van der Waals surface area contributed by atoms with Crippen LogP contribution in [0.3, 0.4) is 0 Å². The topological polar surface area (TPSA) is 39.1 Å². The van der Waals surface area contributed by atoms with Gasteiger partial charge in [-0.2, -0.15) is 0 Å². The molecule has 3 rings (SSSR count). The SMILES string of the molecule is Cl.Fc1ccccc1COc1ccc(Br)cc1CNCCCn1ccnc1. The quantitative estimate of drug-likeness (QED) is 0.464. The van der Waals surface area contributed by atoms with Crippen LogP contribution in [0.15, 0.2) is 65.7 Å². The second-order valence-corrected chi connectivity index (χ2v) is 6.88. The highest BCUT2D eigenvalue weighted by atomic mass is 79.9. The molecule has 4 nitrogen and oxygen atoms in total. The number of halogens is 3. The highest BCUT2D eigenvalue weighted by molar-refractivity contribution is 9.10. The Labute approximate surface area is 173 Å². The van der Waals surface area contributed by atoms with Gasteiger partial charge >= 0.3 is 0 Å². The Balaban J connectivity index is 0.00000261. The van der Waals surface area contributed by atoms with Crippen LogP contribution in [-0.4, -0.2) is 16.1 Å². The van der Waals surface area contributed by atoms with Crippen LogP contribution in [0.4, 0.5) is 4.39 Å². The van der Waals surface area contributed by atoms with Crippen LogP contribution in [0.25, 0.3) is 0 Å². The van der Waals surface area contributed by atoms with Crippen LogP contribution >= 0.6 is 28.3 Å². The predicted molar refractivity (Wildman–Crippen MR) is 111 cm³/mol. The molecular formula is C20H22BrClFN3O. The monoisotopic (exact) mass is 453 g/mol. The van der Waals surface area contributed by atoms with E-state index >= 15 is 0 Å². The maximum absolute atomic E-state index is 13.8. The van der Waals surface area contributed by atoms with Gasteiger partial charge in [-0.1, -0.05) is 34.1 Å². The molecule has 0 radical (unpaired) electrons. The van der Waals surface area contributed by atoms with E-state index in [1.54, 1.807) is 18.3 Å². The zero-order valence-corrected chi connectivity index (χ0v) is 17.2.